The fourth-order valence-corrected chi connectivity index (χ4v) is 2.44. The van der Waals surface area contributed by atoms with Crippen LogP contribution in [0.3, 0.4) is 0 Å². The first kappa shape index (κ1) is 15.9. The van der Waals surface area contributed by atoms with Crippen LogP contribution in [0.1, 0.15) is 33.6 Å². The van der Waals surface area contributed by atoms with E-state index in [0.29, 0.717) is 32.2 Å². The molecular weight excluding hydrogens is 274 g/mol. The Kier molecular flexibility index (Phi) is 4.92. The Labute approximate surface area is 125 Å². The summed E-state index contributed by atoms with van der Waals surface area (Å²) in [5.74, 6) is 0. The molecule has 7 nitrogen and oxygen atoms in total. The molecule has 2 amide bonds. The van der Waals surface area contributed by atoms with Crippen LogP contribution in [0, 0.1) is 0 Å². The standard InChI is InChI=1S/C14H25N3O4/c1-14(2,3)21-13(19)17-6-4-10(5-7-17)15-8-11-9-16-12(18)20-11/h10-11,15H,4-9H2,1-3H3,(H,16,18)/t11-/m1/s1. The Bertz CT molecular complexity index is 386. The molecule has 0 aromatic carbocycles. The molecule has 0 bridgehead atoms. The van der Waals surface area contributed by atoms with Crippen LogP contribution < -0.4 is 10.6 Å². The normalized spacial score (nSPS) is 23.7. The van der Waals surface area contributed by atoms with Crippen molar-refractivity contribution in [3.63, 3.8) is 0 Å². The topological polar surface area (TPSA) is 79.9 Å². The number of carbonyl (C=O) groups excluding carboxylic acids is 2. The van der Waals surface area contributed by atoms with Gasteiger partial charge in [-0.25, -0.2) is 9.59 Å². The SMILES string of the molecule is CC(C)(C)OC(=O)N1CCC(NC[C@@H]2CNC(=O)O2)CC1. The fourth-order valence-electron chi connectivity index (χ4n) is 2.44. The molecule has 0 unspecified atom stereocenters. The highest BCUT2D eigenvalue weighted by molar-refractivity contribution is 5.69. The van der Waals surface area contributed by atoms with Crippen molar-refractivity contribution in [1.29, 1.82) is 0 Å². The van der Waals surface area contributed by atoms with Crippen LogP contribution in [0.25, 0.3) is 0 Å². The van der Waals surface area contributed by atoms with E-state index in [1.54, 1.807) is 4.90 Å². The number of hydrogen-bond acceptors (Lipinski definition) is 5. The minimum atomic E-state index is -0.453. The Morgan fingerprint density at radius 3 is 2.62 bits per heavy atom. The van der Waals surface area contributed by atoms with Gasteiger partial charge in [-0.1, -0.05) is 0 Å². The molecule has 0 aliphatic carbocycles. The number of alkyl carbamates (subject to hydrolysis) is 1. The maximum absolute atomic E-state index is 11.9. The summed E-state index contributed by atoms with van der Waals surface area (Å²) in [6.45, 7) is 8.20. The van der Waals surface area contributed by atoms with E-state index in [-0.39, 0.29) is 18.3 Å². The quantitative estimate of drug-likeness (QED) is 0.815. The molecule has 0 aromatic heterocycles. The number of piperidine rings is 1. The number of ether oxygens (including phenoxy) is 2. The van der Waals surface area contributed by atoms with E-state index in [1.165, 1.54) is 0 Å². The van der Waals surface area contributed by atoms with Gasteiger partial charge in [-0.3, -0.25) is 0 Å². The average molecular weight is 299 g/mol. The summed E-state index contributed by atoms with van der Waals surface area (Å²) < 4.78 is 10.4. The van der Waals surface area contributed by atoms with Crippen molar-refractivity contribution in [3.8, 4) is 0 Å². The first-order chi connectivity index (χ1) is 9.83. The predicted octanol–water partition coefficient (Wildman–Crippen LogP) is 1.08. The molecule has 2 saturated heterocycles. The molecule has 7 heteroatoms. The summed E-state index contributed by atoms with van der Waals surface area (Å²) in [5, 5.41) is 6.03. The second-order valence-electron chi connectivity index (χ2n) is 6.56. The van der Waals surface area contributed by atoms with Gasteiger partial charge in [-0.15, -0.1) is 0 Å². The number of cyclic esters (lactones) is 1. The maximum Gasteiger partial charge on any atom is 0.410 e. The lowest BCUT2D eigenvalue weighted by molar-refractivity contribution is 0.0195. The maximum atomic E-state index is 11.9. The Morgan fingerprint density at radius 2 is 2.10 bits per heavy atom. The summed E-state index contributed by atoms with van der Waals surface area (Å²) in [6.07, 6.45) is 1.08. The Hall–Kier alpha value is -1.50. The second-order valence-corrected chi connectivity index (χ2v) is 6.56. The summed E-state index contributed by atoms with van der Waals surface area (Å²) in [6, 6.07) is 0.350. The molecule has 0 radical (unpaired) electrons. The molecule has 1 atom stereocenters. The fraction of sp³-hybridized carbons (Fsp3) is 0.857. The number of hydrogen-bond donors (Lipinski definition) is 2. The highest BCUT2D eigenvalue weighted by Crippen LogP contribution is 2.15. The predicted molar refractivity (Wildman–Crippen MR) is 77.1 cm³/mol. The summed E-state index contributed by atoms with van der Waals surface area (Å²) in [7, 11) is 0. The molecule has 2 fully saturated rings. The van der Waals surface area contributed by atoms with Gasteiger partial charge in [-0.2, -0.15) is 0 Å². The lowest BCUT2D eigenvalue weighted by Gasteiger charge is -2.34. The van der Waals surface area contributed by atoms with Crippen molar-refractivity contribution >= 4 is 12.2 Å². The third kappa shape index (κ3) is 5.08. The number of nitrogens with one attached hydrogen (secondary N) is 2. The van der Waals surface area contributed by atoms with E-state index in [0.717, 1.165) is 12.8 Å². The number of nitrogens with zero attached hydrogens (tertiary/aromatic N) is 1. The molecule has 120 valence electrons. The van der Waals surface area contributed by atoms with E-state index < -0.39 is 5.60 Å². The molecular formula is C14H25N3O4. The second kappa shape index (κ2) is 6.51. The highest BCUT2D eigenvalue weighted by Gasteiger charge is 2.28. The zero-order valence-electron chi connectivity index (χ0n) is 13.0. The number of amides is 2. The van der Waals surface area contributed by atoms with Crippen molar-refractivity contribution in [1.82, 2.24) is 15.5 Å². The van der Waals surface area contributed by atoms with Crippen LogP contribution in [0.4, 0.5) is 9.59 Å². The van der Waals surface area contributed by atoms with Gasteiger partial charge in [0.2, 0.25) is 0 Å². The van der Waals surface area contributed by atoms with E-state index in [1.807, 2.05) is 20.8 Å². The molecule has 21 heavy (non-hydrogen) atoms. The lowest BCUT2D eigenvalue weighted by atomic mass is 10.1. The molecule has 2 aliphatic rings. The zero-order valence-corrected chi connectivity index (χ0v) is 13.0. The van der Waals surface area contributed by atoms with Crippen molar-refractivity contribution in [2.75, 3.05) is 26.2 Å². The van der Waals surface area contributed by atoms with Gasteiger partial charge in [0.05, 0.1) is 6.54 Å². The largest absolute Gasteiger partial charge is 0.444 e. The van der Waals surface area contributed by atoms with Gasteiger partial charge in [0.25, 0.3) is 0 Å². The van der Waals surface area contributed by atoms with Crippen LogP contribution in [0.5, 0.6) is 0 Å². The van der Waals surface area contributed by atoms with Gasteiger partial charge in [0.15, 0.2) is 0 Å². The third-order valence-electron chi connectivity index (χ3n) is 3.53. The van der Waals surface area contributed by atoms with Gasteiger partial charge in [0.1, 0.15) is 11.7 Å². The smallest absolute Gasteiger partial charge is 0.410 e. The summed E-state index contributed by atoms with van der Waals surface area (Å²) >= 11 is 0. The van der Waals surface area contributed by atoms with Gasteiger partial charge in [-0.05, 0) is 33.6 Å². The van der Waals surface area contributed by atoms with E-state index in [4.69, 9.17) is 9.47 Å². The average Bonchev–Trinajstić information content (AvgIpc) is 2.81. The van der Waals surface area contributed by atoms with Crippen molar-refractivity contribution < 1.29 is 19.1 Å². The van der Waals surface area contributed by atoms with Crippen molar-refractivity contribution in [3.05, 3.63) is 0 Å². The van der Waals surface area contributed by atoms with Gasteiger partial charge < -0.3 is 25.0 Å². The number of likely N-dealkylation sites (tertiary alicyclic amines) is 1. The molecule has 0 saturated carbocycles. The third-order valence-corrected chi connectivity index (χ3v) is 3.53. The van der Waals surface area contributed by atoms with E-state index in [2.05, 4.69) is 10.6 Å². The van der Waals surface area contributed by atoms with Crippen molar-refractivity contribution in [2.45, 2.75) is 51.4 Å². The lowest BCUT2D eigenvalue weighted by Crippen LogP contribution is -2.48. The molecule has 2 rings (SSSR count). The van der Waals surface area contributed by atoms with E-state index in [9.17, 15) is 9.59 Å². The highest BCUT2D eigenvalue weighted by atomic mass is 16.6. The summed E-state index contributed by atoms with van der Waals surface area (Å²) in [4.78, 5) is 24.6. The molecule has 2 aliphatic heterocycles. The van der Waals surface area contributed by atoms with Crippen LogP contribution in [0.2, 0.25) is 0 Å². The van der Waals surface area contributed by atoms with Gasteiger partial charge >= 0.3 is 12.2 Å². The van der Waals surface area contributed by atoms with Crippen LogP contribution >= 0.6 is 0 Å². The van der Waals surface area contributed by atoms with Crippen LogP contribution in [-0.2, 0) is 9.47 Å². The minimum absolute atomic E-state index is 0.0959. The van der Waals surface area contributed by atoms with Crippen LogP contribution in [0.15, 0.2) is 0 Å². The summed E-state index contributed by atoms with van der Waals surface area (Å²) in [5.41, 5.74) is -0.453. The molecule has 2 N–H and O–H groups in total. The van der Waals surface area contributed by atoms with E-state index >= 15 is 0 Å². The molecule has 2 heterocycles. The van der Waals surface area contributed by atoms with Crippen molar-refractivity contribution in [2.24, 2.45) is 0 Å². The first-order valence-corrected chi connectivity index (χ1v) is 7.49. The molecule has 0 spiro atoms. The Morgan fingerprint density at radius 1 is 1.43 bits per heavy atom. The van der Waals surface area contributed by atoms with Gasteiger partial charge in [0, 0.05) is 25.7 Å². The Balaban J connectivity index is 1.66. The number of rotatable bonds is 3. The minimum Gasteiger partial charge on any atom is -0.444 e. The zero-order chi connectivity index (χ0) is 15.5. The van der Waals surface area contributed by atoms with Crippen LogP contribution in [-0.4, -0.2) is 61.0 Å². The first-order valence-electron chi connectivity index (χ1n) is 7.49. The number of carbonyl (C=O) groups is 2. The molecule has 0 aromatic rings. The monoisotopic (exact) mass is 299 g/mol.